The first-order chi connectivity index (χ1) is 15.2. The number of aromatic amines is 1. The van der Waals surface area contributed by atoms with E-state index in [0.717, 1.165) is 48.4 Å². The number of carbonyl (C=O) groups excluding carboxylic acids is 1. The van der Waals surface area contributed by atoms with Crippen molar-refractivity contribution in [3.63, 3.8) is 0 Å². The molecule has 1 fully saturated rings. The third-order valence-corrected chi connectivity index (χ3v) is 7.94. The van der Waals surface area contributed by atoms with Gasteiger partial charge in [0.25, 0.3) is 5.56 Å². The van der Waals surface area contributed by atoms with Crippen LogP contribution in [0.25, 0.3) is 10.2 Å². The molecule has 0 aromatic carbocycles. The van der Waals surface area contributed by atoms with Crippen molar-refractivity contribution in [2.45, 2.75) is 44.3 Å². The van der Waals surface area contributed by atoms with E-state index in [1.165, 1.54) is 41.5 Å². The van der Waals surface area contributed by atoms with Crippen LogP contribution in [0, 0.1) is 0 Å². The zero-order valence-corrected chi connectivity index (χ0v) is 18.9. The van der Waals surface area contributed by atoms with E-state index in [9.17, 15) is 9.59 Å². The second-order valence-corrected chi connectivity index (χ2v) is 10.1. The van der Waals surface area contributed by atoms with Gasteiger partial charge in [0.05, 0.1) is 28.8 Å². The quantitative estimate of drug-likeness (QED) is 0.589. The molecular formula is C22H25N5O2S2. The highest BCUT2D eigenvalue weighted by Crippen LogP contribution is 2.34. The summed E-state index contributed by atoms with van der Waals surface area (Å²) in [6.07, 6.45) is 8.57. The number of thiophene rings is 1. The fraction of sp³-hybridized carbons (Fsp3) is 0.455. The lowest BCUT2D eigenvalue weighted by molar-refractivity contribution is -0.113. The molecule has 0 saturated carbocycles. The predicted molar refractivity (Wildman–Crippen MR) is 127 cm³/mol. The van der Waals surface area contributed by atoms with Crippen LogP contribution in [0.15, 0.2) is 23.1 Å². The summed E-state index contributed by atoms with van der Waals surface area (Å²) in [4.78, 5) is 41.3. The highest BCUT2D eigenvalue weighted by molar-refractivity contribution is 7.99. The zero-order valence-electron chi connectivity index (χ0n) is 17.3. The number of fused-ring (bicyclic) bond motifs is 3. The summed E-state index contributed by atoms with van der Waals surface area (Å²) in [6, 6.07) is 3.87. The Bertz CT molecular complexity index is 1150. The topological polar surface area (TPSA) is 91.0 Å². The van der Waals surface area contributed by atoms with Gasteiger partial charge in [0.15, 0.2) is 0 Å². The molecule has 162 valence electrons. The molecule has 0 unspecified atom stereocenters. The lowest BCUT2D eigenvalue weighted by atomic mass is 10.1. The van der Waals surface area contributed by atoms with Crippen LogP contribution in [0.5, 0.6) is 0 Å². The third-order valence-electron chi connectivity index (χ3n) is 5.81. The summed E-state index contributed by atoms with van der Waals surface area (Å²) >= 11 is 3.08. The number of nitrogens with zero attached hydrogens (tertiary/aromatic N) is 3. The number of nitrogens with one attached hydrogen (secondary N) is 2. The molecule has 31 heavy (non-hydrogen) atoms. The number of amides is 1. The molecule has 0 bridgehead atoms. The summed E-state index contributed by atoms with van der Waals surface area (Å²) in [5.74, 6) is 2.29. The number of rotatable bonds is 6. The molecule has 3 aromatic rings. The van der Waals surface area contributed by atoms with Crippen LogP contribution in [-0.4, -0.2) is 39.7 Å². The minimum Gasteiger partial charge on any atom is -0.357 e. The fourth-order valence-corrected chi connectivity index (χ4v) is 6.29. The Morgan fingerprint density at radius 1 is 1.19 bits per heavy atom. The first kappa shape index (κ1) is 20.5. The van der Waals surface area contributed by atoms with E-state index in [1.54, 1.807) is 17.5 Å². The highest BCUT2D eigenvalue weighted by atomic mass is 32.2. The maximum absolute atomic E-state index is 12.5. The van der Waals surface area contributed by atoms with E-state index in [0.29, 0.717) is 17.3 Å². The van der Waals surface area contributed by atoms with Gasteiger partial charge in [-0.3, -0.25) is 9.59 Å². The van der Waals surface area contributed by atoms with Gasteiger partial charge in [-0.25, -0.2) is 9.97 Å². The molecule has 7 nitrogen and oxygen atoms in total. The Morgan fingerprint density at radius 3 is 2.87 bits per heavy atom. The van der Waals surface area contributed by atoms with Gasteiger partial charge < -0.3 is 15.2 Å². The summed E-state index contributed by atoms with van der Waals surface area (Å²) < 4.78 is 0. The monoisotopic (exact) mass is 455 g/mol. The van der Waals surface area contributed by atoms with E-state index in [1.807, 2.05) is 12.1 Å². The standard InChI is InChI=1S/C22H25N5O2S2/c28-19(24-14-7-8-18(23-11-14)27-9-2-1-3-10-27)13-30-12-17-25-21(29)20-15-5-4-6-16(15)31-22(20)26-17/h7-8,11H,1-6,9-10,12-13H2,(H,24,28)(H,25,26,29). The molecule has 2 N–H and O–H groups in total. The van der Waals surface area contributed by atoms with Crippen molar-refractivity contribution in [2.24, 2.45) is 0 Å². The number of aromatic nitrogens is 3. The average molecular weight is 456 g/mol. The number of thioether (sulfide) groups is 1. The molecule has 0 atom stereocenters. The smallest absolute Gasteiger partial charge is 0.259 e. The second kappa shape index (κ2) is 9.00. The molecule has 5 rings (SSSR count). The molecule has 1 saturated heterocycles. The number of H-pyrrole nitrogens is 1. The normalized spacial score (nSPS) is 15.9. The van der Waals surface area contributed by atoms with Gasteiger partial charge in [0, 0.05) is 18.0 Å². The number of aryl methyl sites for hydroxylation is 2. The van der Waals surface area contributed by atoms with E-state index < -0.39 is 0 Å². The van der Waals surface area contributed by atoms with Gasteiger partial charge in [-0.15, -0.1) is 23.1 Å². The summed E-state index contributed by atoms with van der Waals surface area (Å²) in [6.45, 7) is 2.09. The minimum absolute atomic E-state index is 0.0516. The van der Waals surface area contributed by atoms with Gasteiger partial charge in [-0.05, 0) is 56.2 Å². The number of hydrogen-bond donors (Lipinski definition) is 2. The number of carbonyl (C=O) groups is 1. The number of piperidine rings is 1. The molecule has 1 aliphatic carbocycles. The Morgan fingerprint density at radius 2 is 2.06 bits per heavy atom. The largest absolute Gasteiger partial charge is 0.357 e. The average Bonchev–Trinajstić information content (AvgIpc) is 3.36. The molecule has 1 aliphatic heterocycles. The van der Waals surface area contributed by atoms with Crippen molar-refractivity contribution in [1.29, 1.82) is 0 Å². The maximum Gasteiger partial charge on any atom is 0.259 e. The van der Waals surface area contributed by atoms with E-state index in [2.05, 4.69) is 25.2 Å². The van der Waals surface area contributed by atoms with Gasteiger partial charge in [-0.2, -0.15) is 0 Å². The van der Waals surface area contributed by atoms with Crippen molar-refractivity contribution in [1.82, 2.24) is 15.0 Å². The van der Waals surface area contributed by atoms with Crippen LogP contribution in [0.4, 0.5) is 11.5 Å². The lowest BCUT2D eigenvalue weighted by Gasteiger charge is -2.27. The third kappa shape index (κ3) is 4.48. The van der Waals surface area contributed by atoms with Crippen LogP contribution < -0.4 is 15.8 Å². The van der Waals surface area contributed by atoms with Gasteiger partial charge in [0.2, 0.25) is 5.91 Å². The summed E-state index contributed by atoms with van der Waals surface area (Å²) in [7, 11) is 0. The zero-order chi connectivity index (χ0) is 21.2. The van der Waals surface area contributed by atoms with E-state index >= 15 is 0 Å². The van der Waals surface area contributed by atoms with Crippen LogP contribution in [0.2, 0.25) is 0 Å². The van der Waals surface area contributed by atoms with Crippen molar-refractivity contribution < 1.29 is 4.79 Å². The predicted octanol–water partition coefficient (Wildman–Crippen LogP) is 3.73. The molecule has 9 heteroatoms. The van der Waals surface area contributed by atoms with Gasteiger partial charge in [-0.1, -0.05) is 0 Å². The summed E-state index contributed by atoms with van der Waals surface area (Å²) in [5.41, 5.74) is 1.84. The number of anilines is 2. The molecular weight excluding hydrogens is 430 g/mol. The summed E-state index contributed by atoms with van der Waals surface area (Å²) in [5, 5.41) is 3.66. The SMILES string of the molecule is O=C(CSCc1nc2sc3c(c2c(=O)[nH]1)CCC3)Nc1ccc(N2CCCCC2)nc1. The van der Waals surface area contributed by atoms with Crippen molar-refractivity contribution in [2.75, 3.05) is 29.1 Å². The Balaban J connectivity index is 1.14. The van der Waals surface area contributed by atoms with Crippen LogP contribution in [0.3, 0.4) is 0 Å². The van der Waals surface area contributed by atoms with Crippen molar-refractivity contribution in [3.8, 4) is 0 Å². The van der Waals surface area contributed by atoms with Crippen LogP contribution in [-0.2, 0) is 23.4 Å². The highest BCUT2D eigenvalue weighted by Gasteiger charge is 2.21. The molecule has 1 amide bonds. The number of hydrogen-bond acceptors (Lipinski definition) is 7. The lowest BCUT2D eigenvalue weighted by Crippen LogP contribution is -2.30. The van der Waals surface area contributed by atoms with Gasteiger partial charge >= 0.3 is 0 Å². The van der Waals surface area contributed by atoms with Crippen molar-refractivity contribution in [3.05, 3.63) is 44.9 Å². The van der Waals surface area contributed by atoms with Crippen LogP contribution >= 0.6 is 23.1 Å². The minimum atomic E-state index is -0.0870. The molecule has 0 radical (unpaired) electrons. The van der Waals surface area contributed by atoms with E-state index in [4.69, 9.17) is 0 Å². The first-order valence-electron chi connectivity index (χ1n) is 10.8. The molecule has 4 heterocycles. The maximum atomic E-state index is 12.5. The Hall–Kier alpha value is -2.39. The second-order valence-electron chi connectivity index (χ2n) is 8.04. The molecule has 2 aliphatic rings. The van der Waals surface area contributed by atoms with Crippen LogP contribution in [0.1, 0.15) is 41.9 Å². The first-order valence-corrected chi connectivity index (χ1v) is 12.8. The van der Waals surface area contributed by atoms with Gasteiger partial charge in [0.1, 0.15) is 16.5 Å². The fourth-order valence-electron chi connectivity index (χ4n) is 4.32. The van der Waals surface area contributed by atoms with Crippen molar-refractivity contribution >= 4 is 50.7 Å². The molecule has 3 aromatic heterocycles. The Labute approximate surface area is 188 Å². The number of pyridine rings is 1. The van der Waals surface area contributed by atoms with E-state index in [-0.39, 0.29) is 17.2 Å². The molecule has 0 spiro atoms. The Kier molecular flexibility index (Phi) is 5.95.